The number of piperazine rings is 1. The first-order valence-corrected chi connectivity index (χ1v) is 11.8. The quantitative estimate of drug-likeness (QED) is 0.394. The summed E-state index contributed by atoms with van der Waals surface area (Å²) in [7, 11) is 0. The first-order valence-electron chi connectivity index (χ1n) is 11.0. The fourth-order valence-corrected chi connectivity index (χ4v) is 5.47. The predicted octanol–water partition coefficient (Wildman–Crippen LogP) is 4.04. The molecule has 5 heterocycles. The predicted molar refractivity (Wildman–Crippen MR) is 125 cm³/mol. The van der Waals surface area contributed by atoms with Gasteiger partial charge in [0.2, 0.25) is 16.7 Å². The molecule has 0 spiro atoms. The van der Waals surface area contributed by atoms with Crippen molar-refractivity contribution in [3.8, 4) is 17.5 Å². The lowest BCUT2D eigenvalue weighted by molar-refractivity contribution is 0.0568. The molecule has 0 bridgehead atoms. The van der Waals surface area contributed by atoms with Gasteiger partial charge in [0.25, 0.3) is 5.91 Å². The highest BCUT2D eigenvalue weighted by atomic mass is 32.1. The highest BCUT2D eigenvalue weighted by Crippen LogP contribution is 2.41. The summed E-state index contributed by atoms with van der Waals surface area (Å²) < 4.78 is 25.7. The second-order valence-electron chi connectivity index (χ2n) is 8.16. The van der Waals surface area contributed by atoms with E-state index in [0.29, 0.717) is 53.4 Å². The Bertz CT molecular complexity index is 1450. The van der Waals surface area contributed by atoms with Crippen LogP contribution in [-0.4, -0.2) is 61.6 Å². The molecule has 1 aliphatic rings. The number of hydrogen-bond acceptors (Lipinski definition) is 8. The number of thiazole rings is 1. The molecule has 0 radical (unpaired) electrons. The second kappa shape index (κ2) is 8.67. The van der Waals surface area contributed by atoms with E-state index in [4.69, 9.17) is 8.83 Å². The fraction of sp³-hybridized carbons (Fsp3) is 0.208. The smallest absolute Gasteiger partial charge is 0.289 e. The van der Waals surface area contributed by atoms with Gasteiger partial charge in [-0.1, -0.05) is 23.5 Å². The van der Waals surface area contributed by atoms with E-state index in [2.05, 4.69) is 15.0 Å². The third kappa shape index (κ3) is 3.88. The molecule has 1 atom stereocenters. The van der Waals surface area contributed by atoms with Crippen molar-refractivity contribution >= 4 is 22.2 Å². The Kier molecular flexibility index (Phi) is 5.34. The normalized spacial score (nSPS) is 15.6. The summed E-state index contributed by atoms with van der Waals surface area (Å²) in [4.78, 5) is 22.3. The molecule has 0 aliphatic carbocycles. The molecule has 4 aromatic heterocycles. The van der Waals surface area contributed by atoms with Crippen molar-refractivity contribution in [1.82, 2.24) is 24.4 Å². The van der Waals surface area contributed by atoms with Crippen molar-refractivity contribution in [1.29, 1.82) is 0 Å². The van der Waals surface area contributed by atoms with E-state index in [1.807, 2.05) is 0 Å². The van der Waals surface area contributed by atoms with Crippen molar-refractivity contribution in [2.75, 3.05) is 26.2 Å². The summed E-state index contributed by atoms with van der Waals surface area (Å²) >= 11 is 1.31. The summed E-state index contributed by atoms with van der Waals surface area (Å²) in [6.45, 7) is 2.08. The highest BCUT2D eigenvalue weighted by molar-refractivity contribution is 7.17. The number of carbonyl (C=O) groups is 1. The van der Waals surface area contributed by atoms with E-state index >= 15 is 0 Å². The molecule has 35 heavy (non-hydrogen) atoms. The summed E-state index contributed by atoms with van der Waals surface area (Å²) in [5.41, 5.74) is 0.822. The summed E-state index contributed by atoms with van der Waals surface area (Å²) in [5.74, 6) is 0.681. The van der Waals surface area contributed by atoms with Crippen LogP contribution < -0.4 is 0 Å². The van der Waals surface area contributed by atoms with Crippen LogP contribution in [-0.2, 0) is 0 Å². The van der Waals surface area contributed by atoms with E-state index in [1.165, 1.54) is 40.5 Å². The third-order valence-electron chi connectivity index (χ3n) is 6.07. The zero-order valence-electron chi connectivity index (χ0n) is 18.4. The van der Waals surface area contributed by atoms with E-state index in [1.54, 1.807) is 41.3 Å². The van der Waals surface area contributed by atoms with E-state index < -0.39 is 0 Å². The van der Waals surface area contributed by atoms with Gasteiger partial charge in [0.15, 0.2) is 11.5 Å². The van der Waals surface area contributed by atoms with Gasteiger partial charge in [0, 0.05) is 26.2 Å². The number of aromatic nitrogens is 3. The first-order chi connectivity index (χ1) is 17.1. The molecule has 6 rings (SSSR count). The van der Waals surface area contributed by atoms with Gasteiger partial charge in [0.05, 0.1) is 23.4 Å². The van der Waals surface area contributed by atoms with Crippen LogP contribution in [0, 0.1) is 5.82 Å². The number of benzene rings is 1. The summed E-state index contributed by atoms with van der Waals surface area (Å²) in [5, 5.41) is 15.5. The number of hydrogen-bond donors (Lipinski definition) is 1. The van der Waals surface area contributed by atoms with E-state index in [0.717, 1.165) is 5.56 Å². The van der Waals surface area contributed by atoms with Gasteiger partial charge in [-0.05, 0) is 42.0 Å². The van der Waals surface area contributed by atoms with Gasteiger partial charge in [-0.3, -0.25) is 9.69 Å². The maximum Gasteiger partial charge on any atom is 0.289 e. The molecule has 5 aromatic rings. The van der Waals surface area contributed by atoms with Gasteiger partial charge < -0.3 is 18.8 Å². The van der Waals surface area contributed by atoms with Gasteiger partial charge in [-0.25, -0.2) is 4.39 Å². The van der Waals surface area contributed by atoms with Crippen LogP contribution in [0.3, 0.4) is 0 Å². The Morgan fingerprint density at radius 1 is 1.03 bits per heavy atom. The van der Waals surface area contributed by atoms with E-state index in [-0.39, 0.29) is 23.6 Å². The molecule has 11 heteroatoms. The third-order valence-corrected chi connectivity index (χ3v) is 7.15. The average Bonchev–Trinajstić information content (AvgIpc) is 3.68. The average molecular weight is 494 g/mol. The van der Waals surface area contributed by atoms with Gasteiger partial charge >= 0.3 is 0 Å². The minimum atomic E-state index is -0.364. The fourth-order valence-electron chi connectivity index (χ4n) is 4.35. The van der Waals surface area contributed by atoms with Crippen LogP contribution in [0.5, 0.6) is 5.88 Å². The van der Waals surface area contributed by atoms with Crippen molar-refractivity contribution in [2.24, 2.45) is 0 Å². The Morgan fingerprint density at radius 2 is 1.77 bits per heavy atom. The number of furan rings is 2. The van der Waals surface area contributed by atoms with Crippen molar-refractivity contribution in [3.63, 3.8) is 0 Å². The monoisotopic (exact) mass is 493 g/mol. The Balaban J connectivity index is 1.32. The number of aromatic hydroxyl groups is 1. The van der Waals surface area contributed by atoms with Crippen LogP contribution >= 0.6 is 11.3 Å². The van der Waals surface area contributed by atoms with Crippen LogP contribution in [0.2, 0.25) is 0 Å². The lowest BCUT2D eigenvalue weighted by atomic mass is 10.0. The Labute approximate surface area is 202 Å². The molecule has 1 saturated heterocycles. The number of fused-ring (bicyclic) bond motifs is 1. The minimum absolute atomic E-state index is 0.0290. The number of carbonyl (C=O) groups excluding carboxylic acids is 1. The van der Waals surface area contributed by atoms with Crippen molar-refractivity contribution in [3.05, 3.63) is 83.1 Å². The highest BCUT2D eigenvalue weighted by Gasteiger charge is 2.33. The maximum absolute atomic E-state index is 13.7. The zero-order chi connectivity index (χ0) is 23.9. The molecule has 1 aromatic carbocycles. The van der Waals surface area contributed by atoms with Crippen LogP contribution in [0.25, 0.3) is 16.5 Å². The first kappa shape index (κ1) is 21.6. The standard InChI is InChI=1S/C24H20FN5O4S/c25-16-7-5-15(6-8-16)19(28-9-11-29(12-10-28)22(31)18-4-2-14-34-18)20-23(32)30-24(35-20)26-21(27-30)17-3-1-13-33-17/h1-8,13-14,19,32H,9-12H2. The number of rotatable bonds is 5. The van der Waals surface area contributed by atoms with Crippen LogP contribution in [0.4, 0.5) is 4.39 Å². The number of amides is 1. The molecule has 1 fully saturated rings. The van der Waals surface area contributed by atoms with Crippen LogP contribution in [0.1, 0.15) is 27.0 Å². The lowest BCUT2D eigenvalue weighted by Gasteiger charge is -2.38. The Hall–Kier alpha value is -3.96. The molecule has 1 N–H and O–H groups in total. The van der Waals surface area contributed by atoms with Gasteiger partial charge in [-0.15, -0.1) is 5.10 Å². The topological polar surface area (TPSA) is 100 Å². The van der Waals surface area contributed by atoms with Crippen molar-refractivity contribution in [2.45, 2.75) is 6.04 Å². The SMILES string of the molecule is O=C(c1ccco1)N1CCN(C(c2ccc(F)cc2)c2sc3nc(-c4ccco4)nn3c2O)CC1. The molecular formula is C24H20FN5O4S. The largest absolute Gasteiger partial charge is 0.492 e. The second-order valence-corrected chi connectivity index (χ2v) is 9.17. The summed E-state index contributed by atoms with van der Waals surface area (Å²) in [6, 6.07) is 12.7. The summed E-state index contributed by atoms with van der Waals surface area (Å²) in [6.07, 6.45) is 3.02. The molecule has 9 nitrogen and oxygen atoms in total. The molecule has 0 saturated carbocycles. The number of halogens is 1. The molecule has 178 valence electrons. The van der Waals surface area contributed by atoms with Gasteiger partial charge in [0.1, 0.15) is 5.82 Å². The van der Waals surface area contributed by atoms with Gasteiger partial charge in [-0.2, -0.15) is 9.50 Å². The minimum Gasteiger partial charge on any atom is -0.492 e. The molecule has 1 amide bonds. The van der Waals surface area contributed by atoms with Crippen LogP contribution in [0.15, 0.2) is 69.9 Å². The lowest BCUT2D eigenvalue weighted by Crippen LogP contribution is -2.49. The maximum atomic E-state index is 13.7. The molecule has 1 aliphatic heterocycles. The zero-order valence-corrected chi connectivity index (χ0v) is 19.2. The Morgan fingerprint density at radius 3 is 2.43 bits per heavy atom. The number of nitrogens with zero attached hydrogens (tertiary/aromatic N) is 5. The van der Waals surface area contributed by atoms with Crippen molar-refractivity contribution < 1.29 is 23.1 Å². The molecular weight excluding hydrogens is 473 g/mol. The molecule has 1 unspecified atom stereocenters. The van der Waals surface area contributed by atoms with E-state index in [9.17, 15) is 14.3 Å².